The molecule has 3 N–H and O–H groups in total. The lowest BCUT2D eigenvalue weighted by Crippen LogP contribution is -2.40. The SMILES string of the molecule is CC(O)CCn1ccc(=O)n(CCN)c1=O. The lowest BCUT2D eigenvalue weighted by atomic mass is 10.3. The van der Waals surface area contributed by atoms with Crippen LogP contribution in [0.3, 0.4) is 0 Å². The van der Waals surface area contributed by atoms with Crippen LogP contribution in [0.2, 0.25) is 0 Å². The minimum atomic E-state index is -0.471. The van der Waals surface area contributed by atoms with Crippen molar-refractivity contribution >= 4 is 0 Å². The maximum Gasteiger partial charge on any atom is 0.331 e. The maximum absolute atomic E-state index is 11.8. The predicted molar refractivity (Wildman–Crippen MR) is 60.3 cm³/mol. The number of nitrogens with zero attached hydrogens (tertiary/aromatic N) is 2. The van der Waals surface area contributed by atoms with Gasteiger partial charge in [0.1, 0.15) is 0 Å². The average molecular weight is 227 g/mol. The van der Waals surface area contributed by atoms with Gasteiger partial charge in [0.05, 0.1) is 6.10 Å². The number of nitrogens with two attached hydrogens (primary N) is 1. The molecule has 1 atom stereocenters. The number of hydrogen-bond acceptors (Lipinski definition) is 4. The van der Waals surface area contributed by atoms with E-state index in [4.69, 9.17) is 10.8 Å². The summed E-state index contributed by atoms with van der Waals surface area (Å²) in [6.45, 7) is 2.51. The first-order valence-corrected chi connectivity index (χ1v) is 5.24. The summed E-state index contributed by atoms with van der Waals surface area (Å²) in [5.74, 6) is 0. The van der Waals surface area contributed by atoms with Crippen LogP contribution >= 0.6 is 0 Å². The molecule has 0 saturated heterocycles. The number of aryl methyl sites for hydroxylation is 1. The van der Waals surface area contributed by atoms with Crippen LogP contribution in [0.1, 0.15) is 13.3 Å². The second-order valence-corrected chi connectivity index (χ2v) is 3.71. The lowest BCUT2D eigenvalue weighted by molar-refractivity contribution is 0.177. The first-order valence-electron chi connectivity index (χ1n) is 5.24. The summed E-state index contributed by atoms with van der Waals surface area (Å²) in [6.07, 6.45) is 1.45. The van der Waals surface area contributed by atoms with E-state index in [-0.39, 0.29) is 24.3 Å². The number of rotatable bonds is 5. The first kappa shape index (κ1) is 12.7. The number of aliphatic hydroxyl groups excluding tert-OH is 1. The molecule has 1 aromatic rings. The smallest absolute Gasteiger partial charge is 0.331 e. The Morgan fingerprint density at radius 2 is 2.12 bits per heavy atom. The highest BCUT2D eigenvalue weighted by Gasteiger charge is 2.05. The van der Waals surface area contributed by atoms with Gasteiger partial charge in [-0.05, 0) is 13.3 Å². The zero-order chi connectivity index (χ0) is 12.1. The van der Waals surface area contributed by atoms with Crippen LogP contribution in [0.15, 0.2) is 21.9 Å². The Bertz CT molecular complexity index is 447. The van der Waals surface area contributed by atoms with Gasteiger partial charge in [0.15, 0.2) is 0 Å². The summed E-state index contributed by atoms with van der Waals surface area (Å²) in [6, 6.07) is 1.33. The molecular weight excluding hydrogens is 210 g/mol. The molecule has 6 nitrogen and oxygen atoms in total. The standard InChI is InChI=1S/C10H17N3O3/c1-8(14)2-5-12-6-3-9(15)13(7-4-11)10(12)16/h3,6,8,14H,2,4-5,7,11H2,1H3. The van der Waals surface area contributed by atoms with Gasteiger partial charge in [-0.2, -0.15) is 0 Å². The van der Waals surface area contributed by atoms with Crippen molar-refractivity contribution in [3.05, 3.63) is 33.1 Å². The highest BCUT2D eigenvalue weighted by molar-refractivity contribution is 4.86. The van der Waals surface area contributed by atoms with Crippen LogP contribution in [-0.4, -0.2) is 26.9 Å². The molecule has 1 heterocycles. The molecule has 0 aliphatic heterocycles. The Hall–Kier alpha value is -1.40. The van der Waals surface area contributed by atoms with E-state index in [9.17, 15) is 9.59 Å². The Morgan fingerprint density at radius 3 is 2.69 bits per heavy atom. The molecule has 0 aromatic carbocycles. The van der Waals surface area contributed by atoms with Crippen LogP contribution in [0.5, 0.6) is 0 Å². The summed E-state index contributed by atoms with van der Waals surface area (Å²) >= 11 is 0. The summed E-state index contributed by atoms with van der Waals surface area (Å²) < 4.78 is 2.51. The third kappa shape index (κ3) is 3.04. The van der Waals surface area contributed by atoms with Crippen LogP contribution in [0, 0.1) is 0 Å². The van der Waals surface area contributed by atoms with Gasteiger partial charge in [-0.3, -0.25) is 9.36 Å². The number of hydrogen-bond donors (Lipinski definition) is 2. The van der Waals surface area contributed by atoms with Gasteiger partial charge in [-0.25, -0.2) is 4.79 Å². The topological polar surface area (TPSA) is 90.2 Å². The van der Waals surface area contributed by atoms with E-state index in [1.807, 2.05) is 0 Å². The molecule has 1 unspecified atom stereocenters. The fraction of sp³-hybridized carbons (Fsp3) is 0.600. The van der Waals surface area contributed by atoms with Crippen molar-refractivity contribution in [2.45, 2.75) is 32.5 Å². The van der Waals surface area contributed by atoms with Crippen molar-refractivity contribution in [2.24, 2.45) is 5.73 Å². The molecule has 90 valence electrons. The normalized spacial score (nSPS) is 12.7. The highest BCUT2D eigenvalue weighted by Crippen LogP contribution is 1.91. The zero-order valence-corrected chi connectivity index (χ0v) is 9.30. The van der Waals surface area contributed by atoms with Crippen molar-refractivity contribution in [3.63, 3.8) is 0 Å². The fourth-order valence-electron chi connectivity index (χ4n) is 1.39. The van der Waals surface area contributed by atoms with Gasteiger partial charge in [-0.15, -0.1) is 0 Å². The minimum Gasteiger partial charge on any atom is -0.393 e. The second-order valence-electron chi connectivity index (χ2n) is 3.71. The zero-order valence-electron chi connectivity index (χ0n) is 9.30. The van der Waals surface area contributed by atoms with E-state index in [0.717, 1.165) is 4.57 Å². The summed E-state index contributed by atoms with van der Waals surface area (Å²) in [5, 5.41) is 9.13. The second kappa shape index (κ2) is 5.62. The van der Waals surface area contributed by atoms with Gasteiger partial charge in [0.25, 0.3) is 5.56 Å². The maximum atomic E-state index is 11.8. The minimum absolute atomic E-state index is 0.215. The molecule has 0 saturated carbocycles. The number of aromatic nitrogens is 2. The van der Waals surface area contributed by atoms with Gasteiger partial charge >= 0.3 is 5.69 Å². The third-order valence-corrected chi connectivity index (χ3v) is 2.28. The highest BCUT2D eigenvalue weighted by atomic mass is 16.3. The van der Waals surface area contributed by atoms with Crippen LogP contribution in [0.25, 0.3) is 0 Å². The van der Waals surface area contributed by atoms with E-state index in [2.05, 4.69) is 0 Å². The van der Waals surface area contributed by atoms with Gasteiger partial charge in [0.2, 0.25) is 0 Å². The lowest BCUT2D eigenvalue weighted by Gasteiger charge is -2.09. The molecule has 0 spiro atoms. The van der Waals surface area contributed by atoms with E-state index >= 15 is 0 Å². The van der Waals surface area contributed by atoms with Gasteiger partial charge < -0.3 is 15.4 Å². The third-order valence-electron chi connectivity index (χ3n) is 2.28. The molecule has 16 heavy (non-hydrogen) atoms. The van der Waals surface area contributed by atoms with E-state index in [1.165, 1.54) is 16.8 Å². The van der Waals surface area contributed by atoms with E-state index in [0.29, 0.717) is 13.0 Å². The van der Waals surface area contributed by atoms with Crippen molar-refractivity contribution < 1.29 is 5.11 Å². The van der Waals surface area contributed by atoms with Crippen molar-refractivity contribution in [3.8, 4) is 0 Å². The predicted octanol–water partition coefficient (Wildman–Crippen LogP) is -1.26. The van der Waals surface area contributed by atoms with E-state index < -0.39 is 6.10 Å². The Labute approximate surface area is 92.9 Å². The first-order chi connectivity index (χ1) is 7.56. The fourth-order valence-corrected chi connectivity index (χ4v) is 1.39. The molecule has 0 bridgehead atoms. The van der Waals surface area contributed by atoms with Crippen molar-refractivity contribution in [2.75, 3.05) is 6.54 Å². The van der Waals surface area contributed by atoms with Gasteiger partial charge in [0, 0.05) is 31.9 Å². The average Bonchev–Trinajstić information content (AvgIpc) is 2.23. The molecular formula is C10H17N3O3. The summed E-state index contributed by atoms with van der Waals surface area (Å²) in [4.78, 5) is 23.1. The molecule has 0 aliphatic rings. The van der Waals surface area contributed by atoms with Crippen LogP contribution in [0.4, 0.5) is 0 Å². The molecule has 0 aliphatic carbocycles. The van der Waals surface area contributed by atoms with Crippen LogP contribution < -0.4 is 17.0 Å². The molecule has 0 fully saturated rings. The molecule has 0 amide bonds. The van der Waals surface area contributed by atoms with Gasteiger partial charge in [-0.1, -0.05) is 0 Å². The monoisotopic (exact) mass is 227 g/mol. The van der Waals surface area contributed by atoms with Crippen LogP contribution in [-0.2, 0) is 13.1 Å². The summed E-state index contributed by atoms with van der Waals surface area (Å²) in [7, 11) is 0. The summed E-state index contributed by atoms with van der Waals surface area (Å²) in [5.41, 5.74) is 4.60. The largest absolute Gasteiger partial charge is 0.393 e. The van der Waals surface area contributed by atoms with E-state index in [1.54, 1.807) is 6.92 Å². The molecule has 1 rings (SSSR count). The van der Waals surface area contributed by atoms with Crippen molar-refractivity contribution in [1.29, 1.82) is 0 Å². The molecule has 6 heteroatoms. The Balaban J connectivity index is 2.99. The molecule has 1 aromatic heterocycles. The Morgan fingerprint density at radius 1 is 1.44 bits per heavy atom. The Kier molecular flexibility index (Phi) is 4.45. The molecule has 0 radical (unpaired) electrons. The van der Waals surface area contributed by atoms with Crippen molar-refractivity contribution in [1.82, 2.24) is 9.13 Å². The quantitative estimate of drug-likeness (QED) is 0.657. The number of aliphatic hydroxyl groups is 1.